The summed E-state index contributed by atoms with van der Waals surface area (Å²) in [7, 11) is 3.16. The predicted molar refractivity (Wildman–Crippen MR) is 63.4 cm³/mol. The summed E-state index contributed by atoms with van der Waals surface area (Å²) in [5.74, 6) is 1.12. The molecule has 0 heterocycles. The van der Waals surface area contributed by atoms with E-state index >= 15 is 0 Å². The van der Waals surface area contributed by atoms with Crippen LogP contribution in [0.15, 0.2) is 24.3 Å². The van der Waals surface area contributed by atoms with Gasteiger partial charge < -0.3 is 19.5 Å². The summed E-state index contributed by atoms with van der Waals surface area (Å²) in [4.78, 5) is 11.3. The van der Waals surface area contributed by atoms with Gasteiger partial charge in [-0.2, -0.15) is 0 Å². The van der Waals surface area contributed by atoms with E-state index in [0.29, 0.717) is 24.7 Å². The molecule has 0 saturated carbocycles. The summed E-state index contributed by atoms with van der Waals surface area (Å²) in [6.45, 7) is 0.957. The van der Waals surface area contributed by atoms with Gasteiger partial charge in [0, 0.05) is 19.7 Å². The molecular weight excluding hydrogens is 222 g/mol. The summed E-state index contributed by atoms with van der Waals surface area (Å²) >= 11 is 0. The molecule has 0 fully saturated rings. The minimum Gasteiger partial charge on any atom is -0.497 e. The number of amides is 1. The smallest absolute Gasteiger partial charge is 0.258 e. The number of carbonyl (C=O) groups excluding carboxylic acids is 1. The molecule has 0 aliphatic heterocycles. The van der Waals surface area contributed by atoms with E-state index in [1.165, 1.54) is 0 Å². The molecule has 0 aliphatic carbocycles. The van der Waals surface area contributed by atoms with E-state index in [2.05, 4.69) is 5.32 Å². The molecule has 1 aromatic carbocycles. The van der Waals surface area contributed by atoms with Gasteiger partial charge in [-0.1, -0.05) is 6.07 Å². The van der Waals surface area contributed by atoms with Crippen LogP contribution in [0.25, 0.3) is 0 Å². The monoisotopic (exact) mass is 239 g/mol. The van der Waals surface area contributed by atoms with E-state index < -0.39 is 0 Å². The fourth-order valence-corrected chi connectivity index (χ4v) is 1.18. The Bertz CT molecular complexity index is 354. The Balaban J connectivity index is 2.31. The summed E-state index contributed by atoms with van der Waals surface area (Å²) in [6.07, 6.45) is 0. The molecule has 1 aromatic rings. The summed E-state index contributed by atoms with van der Waals surface area (Å²) in [6, 6.07) is 7.11. The van der Waals surface area contributed by atoms with Crippen molar-refractivity contribution in [1.82, 2.24) is 5.32 Å². The van der Waals surface area contributed by atoms with Crippen LogP contribution in [0.2, 0.25) is 0 Å². The van der Waals surface area contributed by atoms with Crippen molar-refractivity contribution in [3.63, 3.8) is 0 Å². The third-order valence-electron chi connectivity index (χ3n) is 2.04. The van der Waals surface area contributed by atoms with Crippen LogP contribution in [0.1, 0.15) is 0 Å². The highest BCUT2D eigenvalue weighted by Crippen LogP contribution is 2.18. The van der Waals surface area contributed by atoms with Crippen LogP contribution in [-0.2, 0) is 9.53 Å². The van der Waals surface area contributed by atoms with E-state index in [0.717, 1.165) is 0 Å². The van der Waals surface area contributed by atoms with Crippen molar-refractivity contribution in [3.8, 4) is 11.5 Å². The number of carbonyl (C=O) groups is 1. The van der Waals surface area contributed by atoms with Gasteiger partial charge in [0.2, 0.25) is 0 Å². The molecule has 0 aromatic heterocycles. The van der Waals surface area contributed by atoms with E-state index in [1.807, 2.05) is 6.07 Å². The van der Waals surface area contributed by atoms with Gasteiger partial charge in [0.1, 0.15) is 11.5 Å². The Hall–Kier alpha value is -1.75. The van der Waals surface area contributed by atoms with Gasteiger partial charge in [0.15, 0.2) is 6.61 Å². The largest absolute Gasteiger partial charge is 0.497 e. The first-order chi connectivity index (χ1) is 8.26. The van der Waals surface area contributed by atoms with E-state index in [-0.39, 0.29) is 12.5 Å². The van der Waals surface area contributed by atoms with Crippen LogP contribution in [0.5, 0.6) is 11.5 Å². The standard InChI is InChI=1S/C12H17NO4/c1-15-7-6-13-12(14)9-17-11-5-3-4-10(8-11)16-2/h3-5,8H,6-7,9H2,1-2H3,(H,13,14). The lowest BCUT2D eigenvalue weighted by molar-refractivity contribution is -0.123. The van der Waals surface area contributed by atoms with Crippen molar-refractivity contribution in [2.45, 2.75) is 0 Å². The number of hydrogen-bond donors (Lipinski definition) is 1. The van der Waals surface area contributed by atoms with Crippen molar-refractivity contribution in [2.24, 2.45) is 0 Å². The molecule has 1 N–H and O–H groups in total. The lowest BCUT2D eigenvalue weighted by atomic mass is 10.3. The zero-order chi connectivity index (χ0) is 12.5. The minimum atomic E-state index is -0.176. The van der Waals surface area contributed by atoms with Crippen LogP contribution in [0.4, 0.5) is 0 Å². The number of benzene rings is 1. The molecule has 0 radical (unpaired) electrons. The highest BCUT2D eigenvalue weighted by atomic mass is 16.5. The second kappa shape index (κ2) is 7.51. The Kier molecular flexibility index (Phi) is 5.88. The molecule has 0 spiro atoms. The summed E-state index contributed by atoms with van der Waals surface area (Å²) in [5.41, 5.74) is 0. The third-order valence-corrected chi connectivity index (χ3v) is 2.04. The number of methoxy groups -OCH3 is 2. The SMILES string of the molecule is COCCNC(=O)COc1cccc(OC)c1. The lowest BCUT2D eigenvalue weighted by Gasteiger charge is -2.08. The Morgan fingerprint density at radius 3 is 2.76 bits per heavy atom. The molecule has 0 aliphatic rings. The van der Waals surface area contributed by atoms with Gasteiger partial charge in [-0.05, 0) is 12.1 Å². The average molecular weight is 239 g/mol. The maximum Gasteiger partial charge on any atom is 0.258 e. The van der Waals surface area contributed by atoms with Crippen LogP contribution < -0.4 is 14.8 Å². The molecule has 94 valence electrons. The Morgan fingerprint density at radius 2 is 2.06 bits per heavy atom. The summed E-state index contributed by atoms with van der Waals surface area (Å²) in [5, 5.41) is 2.66. The maximum absolute atomic E-state index is 11.3. The van der Waals surface area contributed by atoms with Crippen LogP contribution in [-0.4, -0.2) is 39.9 Å². The minimum absolute atomic E-state index is 0.0170. The highest BCUT2D eigenvalue weighted by molar-refractivity contribution is 5.77. The van der Waals surface area contributed by atoms with Crippen LogP contribution >= 0.6 is 0 Å². The fraction of sp³-hybridized carbons (Fsp3) is 0.417. The molecule has 0 unspecified atom stereocenters. The first-order valence-electron chi connectivity index (χ1n) is 5.28. The molecule has 5 nitrogen and oxygen atoms in total. The average Bonchev–Trinajstić information content (AvgIpc) is 2.37. The second-order valence-electron chi connectivity index (χ2n) is 3.31. The molecule has 0 atom stereocenters. The third kappa shape index (κ3) is 5.21. The molecular formula is C12H17NO4. The predicted octanol–water partition coefficient (Wildman–Crippen LogP) is 0.837. The van der Waals surface area contributed by atoms with Gasteiger partial charge >= 0.3 is 0 Å². The zero-order valence-electron chi connectivity index (χ0n) is 10.1. The molecule has 1 rings (SSSR count). The van der Waals surface area contributed by atoms with Gasteiger partial charge in [0.25, 0.3) is 5.91 Å². The van der Waals surface area contributed by atoms with E-state index in [9.17, 15) is 4.79 Å². The topological polar surface area (TPSA) is 56.8 Å². The lowest BCUT2D eigenvalue weighted by Crippen LogP contribution is -2.31. The van der Waals surface area contributed by atoms with Gasteiger partial charge in [-0.15, -0.1) is 0 Å². The van der Waals surface area contributed by atoms with Crippen LogP contribution in [0, 0.1) is 0 Å². The molecule has 0 saturated heterocycles. The first-order valence-corrected chi connectivity index (χ1v) is 5.28. The van der Waals surface area contributed by atoms with Crippen molar-refractivity contribution < 1.29 is 19.0 Å². The number of nitrogens with one attached hydrogen (secondary N) is 1. The van der Waals surface area contributed by atoms with Gasteiger partial charge in [0.05, 0.1) is 13.7 Å². The highest BCUT2D eigenvalue weighted by Gasteiger charge is 2.02. The normalized spacial score (nSPS) is 9.76. The molecule has 17 heavy (non-hydrogen) atoms. The first kappa shape index (κ1) is 13.3. The number of rotatable bonds is 7. The number of hydrogen-bond acceptors (Lipinski definition) is 4. The van der Waals surface area contributed by atoms with Gasteiger partial charge in [-0.25, -0.2) is 0 Å². The van der Waals surface area contributed by atoms with Gasteiger partial charge in [-0.3, -0.25) is 4.79 Å². The fourth-order valence-electron chi connectivity index (χ4n) is 1.18. The van der Waals surface area contributed by atoms with Crippen molar-refractivity contribution in [2.75, 3.05) is 34.0 Å². The van der Waals surface area contributed by atoms with Crippen molar-refractivity contribution >= 4 is 5.91 Å². The quantitative estimate of drug-likeness (QED) is 0.716. The molecule has 5 heteroatoms. The molecule has 1 amide bonds. The van der Waals surface area contributed by atoms with Crippen molar-refractivity contribution in [3.05, 3.63) is 24.3 Å². The number of ether oxygens (including phenoxy) is 3. The zero-order valence-corrected chi connectivity index (χ0v) is 10.1. The van der Waals surface area contributed by atoms with E-state index in [1.54, 1.807) is 32.4 Å². The van der Waals surface area contributed by atoms with Crippen molar-refractivity contribution in [1.29, 1.82) is 0 Å². The second-order valence-corrected chi connectivity index (χ2v) is 3.31. The van der Waals surface area contributed by atoms with E-state index in [4.69, 9.17) is 14.2 Å². The summed E-state index contributed by atoms with van der Waals surface area (Å²) < 4.78 is 15.2. The maximum atomic E-state index is 11.3. The molecule has 0 bridgehead atoms. The van der Waals surface area contributed by atoms with Crippen LogP contribution in [0.3, 0.4) is 0 Å². The Morgan fingerprint density at radius 1 is 1.29 bits per heavy atom. The Labute approximate surface area is 101 Å².